The fourth-order valence-electron chi connectivity index (χ4n) is 2.97. The quantitative estimate of drug-likeness (QED) is 0.412. The zero-order valence-electron chi connectivity index (χ0n) is 16.4. The van der Waals surface area contributed by atoms with Crippen molar-refractivity contribution in [1.82, 2.24) is 0 Å². The third kappa shape index (κ3) is 4.71. The van der Waals surface area contributed by atoms with E-state index in [-0.39, 0.29) is 11.3 Å². The molecule has 0 aliphatic rings. The summed E-state index contributed by atoms with van der Waals surface area (Å²) in [5, 5.41) is 12.8. The summed E-state index contributed by atoms with van der Waals surface area (Å²) in [6, 6.07) is 17.0. The Kier molecular flexibility index (Phi) is 6.25. The van der Waals surface area contributed by atoms with Crippen LogP contribution in [0.3, 0.4) is 0 Å². The second kappa shape index (κ2) is 8.86. The number of carboxylic acids is 1. The number of anilines is 2. The van der Waals surface area contributed by atoms with Crippen LogP contribution in [0.1, 0.15) is 20.7 Å². The number of nitrogens with two attached hydrogens (primary N) is 2. The number of hydroxylamine groups is 1. The molecule has 0 aliphatic heterocycles. The Hall–Kier alpha value is -3.55. The van der Waals surface area contributed by atoms with Crippen LogP contribution in [-0.2, 0) is 4.84 Å². The van der Waals surface area contributed by atoms with Crippen LogP contribution in [0.5, 0.6) is 0 Å². The lowest BCUT2D eigenvalue weighted by Crippen LogP contribution is -2.73. The maximum atomic E-state index is 12.9. The predicted octanol–water partition coefficient (Wildman–Crippen LogP) is 3.32. The molecule has 0 amide bonds. The van der Waals surface area contributed by atoms with Gasteiger partial charge in [-0.1, -0.05) is 23.7 Å². The molecule has 0 fully saturated rings. The van der Waals surface area contributed by atoms with E-state index < -0.39 is 11.9 Å². The van der Waals surface area contributed by atoms with E-state index >= 15 is 0 Å². The third-order valence-corrected chi connectivity index (χ3v) is 4.78. The molecule has 154 valence electrons. The van der Waals surface area contributed by atoms with Crippen molar-refractivity contribution in [3.05, 3.63) is 76.8 Å². The highest BCUT2D eigenvalue weighted by atomic mass is 35.5. The van der Waals surface area contributed by atoms with Gasteiger partial charge in [0, 0.05) is 23.8 Å². The van der Waals surface area contributed by atoms with Crippen molar-refractivity contribution in [2.45, 2.75) is 0 Å². The number of carbonyl (C=O) groups excluding carboxylic acids is 1. The first-order valence-corrected chi connectivity index (χ1v) is 9.45. The van der Waals surface area contributed by atoms with Crippen molar-refractivity contribution >= 4 is 40.6 Å². The minimum atomic E-state index is -1.12. The zero-order valence-corrected chi connectivity index (χ0v) is 17.2. The summed E-state index contributed by atoms with van der Waals surface area (Å²) in [4.78, 5) is 29.6. The lowest BCUT2D eigenvalue weighted by molar-refractivity contribution is -0.539. The van der Waals surface area contributed by atoms with Crippen molar-refractivity contribution in [2.75, 3.05) is 24.9 Å². The first-order valence-electron chi connectivity index (χ1n) is 9.07. The topological polar surface area (TPSA) is 109 Å². The molecule has 3 aromatic carbocycles. The Morgan fingerprint density at radius 3 is 2.33 bits per heavy atom. The highest BCUT2D eigenvalue weighted by molar-refractivity contribution is 6.30. The highest BCUT2D eigenvalue weighted by Gasteiger charge is 2.20. The van der Waals surface area contributed by atoms with Crippen LogP contribution < -0.4 is 16.1 Å². The van der Waals surface area contributed by atoms with E-state index in [1.807, 2.05) is 36.6 Å². The molecule has 0 aliphatic carbocycles. The van der Waals surface area contributed by atoms with E-state index in [9.17, 15) is 14.7 Å². The van der Waals surface area contributed by atoms with Gasteiger partial charge in [0.05, 0.1) is 18.3 Å². The van der Waals surface area contributed by atoms with Crippen LogP contribution in [0, 0.1) is 0 Å². The molecule has 0 aromatic heterocycles. The van der Waals surface area contributed by atoms with Crippen molar-refractivity contribution in [3.8, 4) is 11.1 Å². The number of carboxylic acid groups (broad SMARTS) is 1. The van der Waals surface area contributed by atoms with Gasteiger partial charge in [-0.05, 0) is 53.6 Å². The molecule has 8 heteroatoms. The molecule has 5 N–H and O–H groups in total. The maximum absolute atomic E-state index is 12.9. The fourth-order valence-corrected chi connectivity index (χ4v) is 3.10. The molecule has 0 radical (unpaired) electrons. The maximum Gasteiger partial charge on any atom is 0.369 e. The van der Waals surface area contributed by atoms with Crippen LogP contribution in [0.2, 0.25) is 5.02 Å². The van der Waals surface area contributed by atoms with Gasteiger partial charge in [0.2, 0.25) is 0 Å². The van der Waals surface area contributed by atoms with E-state index in [2.05, 4.69) is 0 Å². The molecule has 3 aromatic rings. The average Bonchev–Trinajstić information content (AvgIpc) is 2.73. The summed E-state index contributed by atoms with van der Waals surface area (Å²) in [7, 11) is 3.34. The normalized spacial score (nSPS) is 10.5. The Balaban J connectivity index is 1.89. The number of nitrogens with zero attached hydrogens (tertiary/aromatic N) is 1. The van der Waals surface area contributed by atoms with Gasteiger partial charge in [-0.3, -0.25) is 0 Å². The van der Waals surface area contributed by atoms with Crippen LogP contribution in [0.4, 0.5) is 17.1 Å². The van der Waals surface area contributed by atoms with Crippen molar-refractivity contribution < 1.29 is 24.8 Å². The lowest BCUT2D eigenvalue weighted by atomic mass is 10.0. The Bertz CT molecular complexity index is 1100. The number of carbonyl (C=O) groups is 2. The van der Waals surface area contributed by atoms with E-state index in [0.29, 0.717) is 22.0 Å². The molecule has 0 saturated carbocycles. The third-order valence-electron chi connectivity index (χ3n) is 4.53. The van der Waals surface area contributed by atoms with Gasteiger partial charge >= 0.3 is 11.9 Å². The largest absolute Gasteiger partial charge is 0.478 e. The molecule has 0 atom stereocenters. The number of halogens is 1. The smallest absolute Gasteiger partial charge is 0.369 e. The van der Waals surface area contributed by atoms with Crippen LogP contribution >= 0.6 is 11.6 Å². The van der Waals surface area contributed by atoms with Gasteiger partial charge in [0.1, 0.15) is 11.3 Å². The van der Waals surface area contributed by atoms with E-state index in [1.54, 1.807) is 18.2 Å². The predicted molar refractivity (Wildman–Crippen MR) is 116 cm³/mol. The van der Waals surface area contributed by atoms with Crippen molar-refractivity contribution in [2.24, 2.45) is 0 Å². The first kappa shape index (κ1) is 21.2. The van der Waals surface area contributed by atoms with Gasteiger partial charge in [0.15, 0.2) is 0 Å². The van der Waals surface area contributed by atoms with E-state index in [1.165, 1.54) is 30.3 Å². The van der Waals surface area contributed by atoms with Crippen LogP contribution in [0.25, 0.3) is 11.1 Å². The number of aromatic carboxylic acids is 1. The standard InChI is InChI=1S/C22H20ClN3O4/c1-25-20-8-5-14(13-3-6-16(23)7-4-13)11-19(20)22(29)30-26(2)18-10-15(21(27)28)9-17(24)12-18/h3-12,25H,24H2,1-2H3,(H,27,28)/p+1. The Morgan fingerprint density at radius 1 is 1.03 bits per heavy atom. The monoisotopic (exact) mass is 426 g/mol. The summed E-state index contributed by atoms with van der Waals surface area (Å²) in [5.41, 5.74) is 9.20. The summed E-state index contributed by atoms with van der Waals surface area (Å²) < 4.78 is 0. The summed E-state index contributed by atoms with van der Waals surface area (Å²) in [5.74, 6) is -1.71. The summed E-state index contributed by atoms with van der Waals surface area (Å²) >= 11 is 5.96. The molecule has 0 saturated heterocycles. The molecule has 0 heterocycles. The highest BCUT2D eigenvalue weighted by Crippen LogP contribution is 2.26. The number of hydrogen-bond acceptors (Lipinski definition) is 5. The number of quaternary nitrogens is 1. The number of hydrogen-bond donors (Lipinski definition) is 3. The molecule has 0 unspecified atom stereocenters. The van der Waals surface area contributed by atoms with Gasteiger partial charge < -0.3 is 21.0 Å². The molecule has 3 rings (SSSR count). The minimum absolute atomic E-state index is 0.000199. The van der Waals surface area contributed by atoms with Crippen molar-refractivity contribution in [1.29, 1.82) is 0 Å². The molecule has 0 bridgehead atoms. The van der Waals surface area contributed by atoms with Gasteiger partial charge in [-0.15, -0.1) is 0 Å². The summed E-state index contributed by atoms with van der Waals surface area (Å²) in [6.45, 7) is 0. The molecular formula is C22H21ClN3O4+. The summed E-state index contributed by atoms with van der Waals surface area (Å²) in [6.07, 6.45) is 0. The SMILES string of the molecule is C[NH2+]c1ccc(-c2ccc(Cl)cc2)cc1C(=O)ON(C)c1cc(N)cc(C(=O)O)c1. The average molecular weight is 427 g/mol. The van der Waals surface area contributed by atoms with E-state index in [4.69, 9.17) is 22.2 Å². The van der Waals surface area contributed by atoms with E-state index in [0.717, 1.165) is 11.1 Å². The second-order valence-corrected chi connectivity index (χ2v) is 7.03. The number of benzene rings is 3. The molecule has 7 nitrogen and oxygen atoms in total. The lowest BCUT2D eigenvalue weighted by Gasteiger charge is -2.19. The Morgan fingerprint density at radius 2 is 1.70 bits per heavy atom. The molecular weight excluding hydrogens is 406 g/mol. The van der Waals surface area contributed by atoms with Gasteiger partial charge in [0.25, 0.3) is 0 Å². The van der Waals surface area contributed by atoms with Crippen LogP contribution in [0.15, 0.2) is 60.7 Å². The minimum Gasteiger partial charge on any atom is -0.478 e. The van der Waals surface area contributed by atoms with Crippen LogP contribution in [-0.4, -0.2) is 31.1 Å². The molecule has 0 spiro atoms. The molecule has 30 heavy (non-hydrogen) atoms. The zero-order chi connectivity index (χ0) is 21.8. The van der Waals surface area contributed by atoms with Crippen molar-refractivity contribution in [3.63, 3.8) is 0 Å². The van der Waals surface area contributed by atoms with Gasteiger partial charge in [-0.2, -0.15) is 0 Å². The number of rotatable bonds is 6. The number of nitrogen functional groups attached to an aromatic ring is 1. The first-order chi connectivity index (χ1) is 14.3. The fraction of sp³-hybridized carbons (Fsp3) is 0.0909. The van der Waals surface area contributed by atoms with Gasteiger partial charge in [-0.25, -0.2) is 14.7 Å². The Labute approximate surface area is 178 Å². The second-order valence-electron chi connectivity index (χ2n) is 6.59.